The van der Waals surface area contributed by atoms with Gasteiger partial charge in [-0.3, -0.25) is 4.79 Å². The van der Waals surface area contributed by atoms with Crippen molar-refractivity contribution in [1.82, 2.24) is 10.0 Å². The summed E-state index contributed by atoms with van der Waals surface area (Å²) in [7, 11) is -2.00. The summed E-state index contributed by atoms with van der Waals surface area (Å²) in [5.74, 6) is 2.43. The maximum absolute atomic E-state index is 13.0. The predicted octanol–water partition coefficient (Wildman–Crippen LogP) is 2.44. The highest BCUT2D eigenvalue weighted by Gasteiger charge is 2.54. The van der Waals surface area contributed by atoms with Crippen LogP contribution < -0.4 is 10.0 Å². The molecule has 0 heterocycles. The van der Waals surface area contributed by atoms with Crippen LogP contribution >= 0.6 is 0 Å². The first-order valence-electron chi connectivity index (χ1n) is 10.3. The van der Waals surface area contributed by atoms with Crippen molar-refractivity contribution in [3.05, 3.63) is 29.8 Å². The Kier molecular flexibility index (Phi) is 5.51. The number of hydrogen-bond donors (Lipinski definition) is 2. The van der Waals surface area contributed by atoms with Gasteiger partial charge in [0.2, 0.25) is 15.9 Å². The first-order valence-corrected chi connectivity index (χ1v) is 11.7. The summed E-state index contributed by atoms with van der Waals surface area (Å²) in [6.45, 7) is 1.01. The normalized spacial score (nSPS) is 31.1. The maximum atomic E-state index is 13.0. The Hall–Kier alpha value is -1.44. The third kappa shape index (κ3) is 3.98. The summed E-state index contributed by atoms with van der Waals surface area (Å²) >= 11 is 0. The van der Waals surface area contributed by atoms with Crippen molar-refractivity contribution in [3.8, 4) is 0 Å². The molecule has 6 nitrogen and oxygen atoms in total. The number of hydrogen-bond acceptors (Lipinski definition) is 4. The van der Waals surface area contributed by atoms with Crippen molar-refractivity contribution in [2.75, 3.05) is 20.3 Å². The van der Waals surface area contributed by atoms with Gasteiger partial charge in [0, 0.05) is 25.6 Å². The average Bonchev–Trinajstić information content (AvgIpc) is 2.65. The van der Waals surface area contributed by atoms with E-state index in [4.69, 9.17) is 4.74 Å². The molecule has 154 valence electrons. The largest absolute Gasteiger partial charge is 0.383 e. The van der Waals surface area contributed by atoms with Gasteiger partial charge >= 0.3 is 0 Å². The standard InChI is InChI=1S/C21H30N2O4S/c1-27-7-6-23-28(25,26)19-4-2-15(3-5-19)14-22-20(24)21-11-16-8-17(12-21)10-18(9-16)13-21/h2-5,16-18,23H,6-14H2,1H3,(H,22,24). The number of ether oxygens (including phenoxy) is 1. The second-order valence-corrected chi connectivity index (χ2v) is 10.7. The molecule has 1 aromatic rings. The topological polar surface area (TPSA) is 84.5 Å². The van der Waals surface area contributed by atoms with E-state index < -0.39 is 10.0 Å². The van der Waals surface area contributed by atoms with Gasteiger partial charge in [-0.15, -0.1) is 0 Å². The van der Waals surface area contributed by atoms with E-state index in [9.17, 15) is 13.2 Å². The molecule has 1 amide bonds. The molecule has 0 aliphatic heterocycles. The number of nitrogens with one attached hydrogen (secondary N) is 2. The lowest BCUT2D eigenvalue weighted by molar-refractivity contribution is -0.146. The predicted molar refractivity (Wildman–Crippen MR) is 106 cm³/mol. The van der Waals surface area contributed by atoms with E-state index in [0.717, 1.165) is 42.6 Å². The molecule has 4 bridgehead atoms. The minimum absolute atomic E-state index is 0.150. The molecule has 0 saturated heterocycles. The molecule has 1 aromatic carbocycles. The van der Waals surface area contributed by atoms with Crippen LogP contribution in [0.1, 0.15) is 44.1 Å². The molecular weight excluding hydrogens is 376 g/mol. The van der Waals surface area contributed by atoms with E-state index in [1.807, 2.05) is 0 Å². The third-order valence-corrected chi connectivity index (χ3v) is 8.28. The molecule has 2 N–H and O–H groups in total. The van der Waals surface area contributed by atoms with E-state index in [1.54, 1.807) is 24.3 Å². The lowest BCUT2D eigenvalue weighted by Gasteiger charge is -2.55. The van der Waals surface area contributed by atoms with Crippen LogP contribution in [0.5, 0.6) is 0 Å². The zero-order valence-electron chi connectivity index (χ0n) is 16.4. The molecule has 5 rings (SSSR count). The summed E-state index contributed by atoms with van der Waals surface area (Å²) in [6.07, 6.45) is 7.11. The lowest BCUT2D eigenvalue weighted by atomic mass is 9.49. The van der Waals surface area contributed by atoms with Gasteiger partial charge < -0.3 is 10.1 Å². The molecule has 4 aliphatic carbocycles. The lowest BCUT2D eigenvalue weighted by Crippen LogP contribution is -2.53. The SMILES string of the molecule is COCCNS(=O)(=O)c1ccc(CNC(=O)C23CC4CC(CC(C4)C2)C3)cc1. The van der Waals surface area contributed by atoms with Gasteiger partial charge in [0.1, 0.15) is 0 Å². The number of carbonyl (C=O) groups excluding carboxylic acids is 1. The van der Waals surface area contributed by atoms with Gasteiger partial charge in [-0.2, -0.15) is 0 Å². The second-order valence-electron chi connectivity index (χ2n) is 8.92. The Labute approximate surface area is 167 Å². The number of benzene rings is 1. The third-order valence-electron chi connectivity index (χ3n) is 6.80. The molecule has 4 saturated carbocycles. The van der Waals surface area contributed by atoms with E-state index in [-0.39, 0.29) is 22.8 Å². The summed E-state index contributed by atoms with van der Waals surface area (Å²) in [5, 5.41) is 3.14. The molecule has 0 aromatic heterocycles. The van der Waals surface area contributed by atoms with Crippen molar-refractivity contribution >= 4 is 15.9 Å². The van der Waals surface area contributed by atoms with Crippen LogP contribution in [0.25, 0.3) is 0 Å². The fourth-order valence-electron chi connectivity index (χ4n) is 5.91. The van der Waals surface area contributed by atoms with Crippen LogP contribution in [0.15, 0.2) is 29.2 Å². The van der Waals surface area contributed by atoms with Gasteiger partial charge in [0.25, 0.3) is 0 Å². The van der Waals surface area contributed by atoms with Crippen LogP contribution in [0.4, 0.5) is 0 Å². The number of carbonyl (C=O) groups is 1. The van der Waals surface area contributed by atoms with E-state index in [2.05, 4.69) is 10.0 Å². The highest BCUT2D eigenvalue weighted by atomic mass is 32.2. The van der Waals surface area contributed by atoms with Crippen LogP contribution in [-0.4, -0.2) is 34.6 Å². The summed E-state index contributed by atoms with van der Waals surface area (Å²) in [6, 6.07) is 6.71. The van der Waals surface area contributed by atoms with E-state index in [1.165, 1.54) is 26.4 Å². The quantitative estimate of drug-likeness (QED) is 0.650. The number of amides is 1. The first kappa shape index (κ1) is 19.9. The zero-order valence-corrected chi connectivity index (χ0v) is 17.3. The number of sulfonamides is 1. The molecule has 0 atom stereocenters. The highest BCUT2D eigenvalue weighted by molar-refractivity contribution is 7.89. The highest BCUT2D eigenvalue weighted by Crippen LogP contribution is 2.60. The van der Waals surface area contributed by atoms with E-state index >= 15 is 0 Å². The number of rotatable bonds is 8. The Balaban J connectivity index is 1.35. The number of methoxy groups -OCH3 is 1. The Morgan fingerprint density at radius 2 is 1.64 bits per heavy atom. The molecule has 4 fully saturated rings. The molecule has 0 unspecified atom stereocenters. The summed E-state index contributed by atoms with van der Waals surface area (Å²) < 4.78 is 31.8. The summed E-state index contributed by atoms with van der Waals surface area (Å²) in [4.78, 5) is 13.2. The van der Waals surface area contributed by atoms with Crippen LogP contribution in [-0.2, 0) is 26.1 Å². The second kappa shape index (κ2) is 7.76. The van der Waals surface area contributed by atoms with Crippen molar-refractivity contribution in [1.29, 1.82) is 0 Å². The van der Waals surface area contributed by atoms with Gasteiger partial charge in [0.15, 0.2) is 0 Å². The van der Waals surface area contributed by atoms with Gasteiger partial charge in [-0.25, -0.2) is 13.1 Å². The van der Waals surface area contributed by atoms with Crippen molar-refractivity contribution in [2.45, 2.75) is 50.0 Å². The van der Waals surface area contributed by atoms with Crippen molar-refractivity contribution in [3.63, 3.8) is 0 Å². The van der Waals surface area contributed by atoms with Crippen molar-refractivity contribution < 1.29 is 17.9 Å². The molecular formula is C21H30N2O4S. The van der Waals surface area contributed by atoms with Crippen LogP contribution in [0.2, 0.25) is 0 Å². The molecule has 7 heteroatoms. The maximum Gasteiger partial charge on any atom is 0.240 e. The average molecular weight is 407 g/mol. The molecule has 4 aliphatic rings. The minimum Gasteiger partial charge on any atom is -0.383 e. The van der Waals surface area contributed by atoms with Crippen LogP contribution in [0, 0.1) is 23.2 Å². The van der Waals surface area contributed by atoms with E-state index in [0.29, 0.717) is 13.2 Å². The smallest absolute Gasteiger partial charge is 0.240 e. The van der Waals surface area contributed by atoms with Gasteiger partial charge in [0.05, 0.1) is 11.5 Å². The van der Waals surface area contributed by atoms with Gasteiger partial charge in [-0.1, -0.05) is 12.1 Å². The Morgan fingerprint density at radius 3 is 2.18 bits per heavy atom. The first-order chi connectivity index (χ1) is 13.4. The van der Waals surface area contributed by atoms with Crippen LogP contribution in [0.3, 0.4) is 0 Å². The zero-order chi connectivity index (χ0) is 19.8. The van der Waals surface area contributed by atoms with Crippen molar-refractivity contribution in [2.24, 2.45) is 23.2 Å². The fraction of sp³-hybridized carbons (Fsp3) is 0.667. The molecule has 28 heavy (non-hydrogen) atoms. The monoisotopic (exact) mass is 406 g/mol. The molecule has 0 radical (unpaired) electrons. The minimum atomic E-state index is -3.53. The Morgan fingerprint density at radius 1 is 1.07 bits per heavy atom. The summed E-state index contributed by atoms with van der Waals surface area (Å²) in [5.41, 5.74) is 0.762. The molecule has 0 spiro atoms. The van der Waals surface area contributed by atoms with Gasteiger partial charge in [-0.05, 0) is 74.0 Å². The Bertz CT molecular complexity index is 784. The fourth-order valence-corrected chi connectivity index (χ4v) is 6.92.